The van der Waals surface area contributed by atoms with E-state index in [1.165, 1.54) is 6.92 Å². The van der Waals surface area contributed by atoms with Gasteiger partial charge in [-0.05, 0) is 61.2 Å². The minimum atomic E-state index is -1.37. The number of carbonyl (C=O) groups is 3. The number of ketones is 2. The molecule has 0 saturated heterocycles. The van der Waals surface area contributed by atoms with Gasteiger partial charge in [-0.15, -0.1) is 0 Å². The van der Waals surface area contributed by atoms with E-state index in [1.807, 2.05) is 19.1 Å². The Hall–Kier alpha value is -2.04. The van der Waals surface area contributed by atoms with Gasteiger partial charge in [-0.3, -0.25) is 14.4 Å². The Morgan fingerprint density at radius 2 is 1.89 bits per heavy atom. The predicted octanol–water partition coefficient (Wildman–Crippen LogP) is 3.91. The Bertz CT molecular complexity index is 840. The maximum atomic E-state index is 13.5. The van der Waals surface area contributed by atoms with Crippen molar-refractivity contribution < 1.29 is 23.5 Å². The van der Waals surface area contributed by atoms with Gasteiger partial charge in [-0.1, -0.05) is 32.1 Å². The lowest BCUT2D eigenvalue weighted by Crippen LogP contribution is -2.58. The van der Waals surface area contributed by atoms with E-state index in [4.69, 9.17) is 4.74 Å². The molecule has 4 aliphatic carbocycles. The fourth-order valence-corrected chi connectivity index (χ4v) is 6.69. The van der Waals surface area contributed by atoms with Crippen LogP contribution in [0.1, 0.15) is 46.5 Å². The van der Waals surface area contributed by atoms with Gasteiger partial charge >= 0.3 is 5.97 Å². The van der Waals surface area contributed by atoms with Crippen LogP contribution in [-0.2, 0) is 19.1 Å². The van der Waals surface area contributed by atoms with Crippen LogP contribution in [0.3, 0.4) is 0 Å². The molecular formula is C23H27FO4. The van der Waals surface area contributed by atoms with Crippen LogP contribution in [0.5, 0.6) is 0 Å². The average Bonchev–Trinajstić information content (AvgIpc) is 2.94. The third-order valence-corrected chi connectivity index (χ3v) is 8.12. The summed E-state index contributed by atoms with van der Waals surface area (Å²) in [6, 6.07) is 0. The fourth-order valence-electron chi connectivity index (χ4n) is 6.69. The summed E-state index contributed by atoms with van der Waals surface area (Å²) in [5, 5.41) is 0. The largest absolute Gasteiger partial charge is 0.451 e. The Morgan fingerprint density at radius 1 is 1.18 bits per heavy atom. The topological polar surface area (TPSA) is 60.4 Å². The molecule has 0 heterocycles. The van der Waals surface area contributed by atoms with Crippen LogP contribution in [0.4, 0.5) is 4.39 Å². The highest BCUT2D eigenvalue weighted by Gasteiger charge is 2.67. The van der Waals surface area contributed by atoms with Crippen LogP contribution in [0, 0.1) is 28.6 Å². The summed E-state index contributed by atoms with van der Waals surface area (Å²) in [6.07, 6.45) is 12.2. The molecule has 2 saturated carbocycles. The highest BCUT2D eigenvalue weighted by molar-refractivity contribution is 6.01. The minimum Gasteiger partial charge on any atom is -0.451 e. The van der Waals surface area contributed by atoms with E-state index < -0.39 is 29.4 Å². The van der Waals surface area contributed by atoms with Gasteiger partial charge < -0.3 is 4.74 Å². The lowest BCUT2D eigenvalue weighted by Gasteiger charge is -2.56. The van der Waals surface area contributed by atoms with Crippen LogP contribution < -0.4 is 0 Å². The third kappa shape index (κ3) is 2.37. The molecule has 0 unspecified atom stereocenters. The maximum Gasteiger partial charge on any atom is 0.303 e. The molecule has 5 heteroatoms. The summed E-state index contributed by atoms with van der Waals surface area (Å²) in [5.41, 5.74) is -1.13. The van der Waals surface area contributed by atoms with E-state index in [0.29, 0.717) is 18.8 Å². The number of allylic oxidation sites excluding steroid dienone is 6. The van der Waals surface area contributed by atoms with Crippen molar-refractivity contribution in [2.75, 3.05) is 6.67 Å². The molecule has 150 valence electrons. The molecular weight excluding hydrogens is 359 g/mol. The highest BCUT2D eigenvalue weighted by atomic mass is 19.1. The zero-order valence-corrected chi connectivity index (χ0v) is 16.7. The fraction of sp³-hybridized carbons (Fsp3) is 0.609. The molecule has 4 aliphatic rings. The van der Waals surface area contributed by atoms with Crippen LogP contribution >= 0.6 is 0 Å². The lowest BCUT2D eigenvalue weighted by atomic mass is 9.49. The zero-order chi connectivity index (χ0) is 20.3. The number of fused-ring (bicyclic) bond motifs is 5. The number of esters is 1. The first kappa shape index (κ1) is 19.3. The minimum absolute atomic E-state index is 0.0134. The number of hydrogen-bond donors (Lipinski definition) is 0. The molecule has 6 atom stereocenters. The van der Waals surface area contributed by atoms with Gasteiger partial charge in [-0.25, -0.2) is 4.39 Å². The number of Topliss-reactive ketones (excluding diaryl/α,β-unsaturated/α-hetero) is 1. The molecule has 0 aromatic carbocycles. The molecule has 0 aromatic heterocycles. The van der Waals surface area contributed by atoms with E-state index in [-0.39, 0.29) is 23.0 Å². The smallest absolute Gasteiger partial charge is 0.303 e. The summed E-state index contributed by atoms with van der Waals surface area (Å²) in [4.78, 5) is 36.4. The zero-order valence-electron chi connectivity index (χ0n) is 16.7. The van der Waals surface area contributed by atoms with Crippen molar-refractivity contribution in [3.05, 3.63) is 36.0 Å². The molecule has 28 heavy (non-hydrogen) atoms. The van der Waals surface area contributed by atoms with Crippen molar-refractivity contribution in [1.29, 1.82) is 0 Å². The Labute approximate surface area is 164 Å². The molecule has 0 radical (unpaired) electrons. The Balaban J connectivity index is 1.76. The third-order valence-electron chi connectivity index (χ3n) is 8.12. The molecule has 0 bridgehead atoms. The predicted molar refractivity (Wildman–Crippen MR) is 102 cm³/mol. The summed E-state index contributed by atoms with van der Waals surface area (Å²) in [5.74, 6) is -0.499. The van der Waals surface area contributed by atoms with E-state index in [0.717, 1.165) is 18.4 Å². The second-order valence-corrected chi connectivity index (χ2v) is 9.24. The van der Waals surface area contributed by atoms with Gasteiger partial charge in [0, 0.05) is 17.8 Å². The molecule has 0 spiro atoms. The second-order valence-electron chi connectivity index (χ2n) is 9.24. The normalized spacial score (nSPS) is 43.6. The van der Waals surface area contributed by atoms with E-state index in [2.05, 4.69) is 13.0 Å². The number of rotatable bonds is 3. The Morgan fingerprint density at radius 3 is 2.57 bits per heavy atom. The number of halogens is 1. The number of ether oxygens (including phenoxy) is 1. The van der Waals surface area contributed by atoms with Gasteiger partial charge in [0.2, 0.25) is 5.78 Å². The molecule has 4 nitrogen and oxygen atoms in total. The van der Waals surface area contributed by atoms with Crippen molar-refractivity contribution in [1.82, 2.24) is 0 Å². The van der Waals surface area contributed by atoms with Gasteiger partial charge in [0.25, 0.3) is 0 Å². The van der Waals surface area contributed by atoms with E-state index in [1.54, 1.807) is 12.2 Å². The van der Waals surface area contributed by atoms with Gasteiger partial charge in [0.15, 0.2) is 18.1 Å². The number of alkyl halides is 1. The van der Waals surface area contributed by atoms with Crippen molar-refractivity contribution in [3.63, 3.8) is 0 Å². The van der Waals surface area contributed by atoms with Crippen molar-refractivity contribution in [2.24, 2.45) is 28.6 Å². The van der Waals surface area contributed by atoms with Gasteiger partial charge in [0.1, 0.15) is 0 Å². The molecule has 0 aromatic rings. The summed E-state index contributed by atoms with van der Waals surface area (Å²) < 4.78 is 19.1. The first-order valence-corrected chi connectivity index (χ1v) is 10.1. The van der Waals surface area contributed by atoms with Crippen molar-refractivity contribution >= 4 is 17.5 Å². The molecule has 0 amide bonds. The highest BCUT2D eigenvalue weighted by Crippen LogP contribution is 2.66. The first-order chi connectivity index (χ1) is 13.2. The standard InChI is InChI=1S/C23H27FO4/c1-14(25)28-23(20(27)13-24)11-8-19-17-5-4-15-12-16(26)6-9-21(15,2)18(17)7-10-22(19,23)3/h4-6,9,12,17-19H,7-8,10-11,13H2,1-3H3/t17-,18+,19+,21+,22+,23+/m1/s1. The molecule has 0 aliphatic heterocycles. The number of carbonyl (C=O) groups excluding carboxylic acids is 3. The van der Waals surface area contributed by atoms with Crippen LogP contribution in [-0.4, -0.2) is 29.8 Å². The molecule has 4 rings (SSSR count). The second kappa shape index (κ2) is 6.23. The summed E-state index contributed by atoms with van der Waals surface area (Å²) >= 11 is 0. The quantitative estimate of drug-likeness (QED) is 0.690. The van der Waals surface area contributed by atoms with Crippen LogP contribution in [0.25, 0.3) is 0 Å². The van der Waals surface area contributed by atoms with Crippen LogP contribution in [0.2, 0.25) is 0 Å². The monoisotopic (exact) mass is 386 g/mol. The van der Waals surface area contributed by atoms with Crippen molar-refractivity contribution in [2.45, 2.75) is 52.1 Å². The summed E-state index contributed by atoms with van der Waals surface area (Å²) in [6.45, 7) is 4.35. The SMILES string of the molecule is CC(=O)O[C@]1(C(=O)CF)CC[C@H]2[C@@H]3C=CC4=CC(=O)C=C[C@]4(C)[C@H]3CC[C@@]21C. The van der Waals surface area contributed by atoms with E-state index >= 15 is 0 Å². The average molecular weight is 386 g/mol. The van der Waals surface area contributed by atoms with Crippen molar-refractivity contribution in [3.8, 4) is 0 Å². The Kier molecular flexibility index (Phi) is 4.29. The van der Waals surface area contributed by atoms with E-state index in [9.17, 15) is 18.8 Å². The maximum absolute atomic E-state index is 13.5. The lowest BCUT2D eigenvalue weighted by molar-refractivity contribution is -0.186. The first-order valence-electron chi connectivity index (χ1n) is 10.1. The van der Waals surface area contributed by atoms with Gasteiger partial charge in [0.05, 0.1) is 0 Å². The number of hydrogen-bond acceptors (Lipinski definition) is 4. The van der Waals surface area contributed by atoms with Gasteiger partial charge in [-0.2, -0.15) is 0 Å². The van der Waals surface area contributed by atoms with Crippen LogP contribution in [0.15, 0.2) is 36.0 Å². The molecule has 0 N–H and O–H groups in total. The summed E-state index contributed by atoms with van der Waals surface area (Å²) in [7, 11) is 0. The molecule has 2 fully saturated rings.